The topological polar surface area (TPSA) is 64.4 Å². The molecule has 0 aliphatic heterocycles. The van der Waals surface area contributed by atoms with Gasteiger partial charge in [-0.3, -0.25) is 4.79 Å². The lowest BCUT2D eigenvalue weighted by atomic mass is 10.1. The van der Waals surface area contributed by atoms with Crippen molar-refractivity contribution < 1.29 is 13.9 Å². The number of benzene rings is 3. The molecule has 1 N–H and O–H groups in total. The first kappa shape index (κ1) is 17.1. The second kappa shape index (κ2) is 7.13. The molecule has 4 aromatic rings. The molecule has 0 spiro atoms. The first-order chi connectivity index (χ1) is 13.1. The van der Waals surface area contributed by atoms with Crippen molar-refractivity contribution >= 4 is 34.3 Å². The van der Waals surface area contributed by atoms with Gasteiger partial charge in [0.05, 0.1) is 18.4 Å². The van der Waals surface area contributed by atoms with Crippen molar-refractivity contribution in [1.29, 1.82) is 0 Å². The van der Waals surface area contributed by atoms with Gasteiger partial charge in [-0.1, -0.05) is 23.7 Å². The Bertz CT molecular complexity index is 1120. The van der Waals surface area contributed by atoms with E-state index in [-0.39, 0.29) is 5.91 Å². The minimum absolute atomic E-state index is 0.232. The molecule has 6 heteroatoms. The second-order valence-electron chi connectivity index (χ2n) is 5.86. The summed E-state index contributed by atoms with van der Waals surface area (Å²) in [7, 11) is 1.58. The van der Waals surface area contributed by atoms with Crippen LogP contribution >= 0.6 is 11.6 Å². The summed E-state index contributed by atoms with van der Waals surface area (Å²) in [5.74, 6) is 0.874. The molecule has 0 radical (unpaired) electrons. The average molecular weight is 379 g/mol. The van der Waals surface area contributed by atoms with Crippen molar-refractivity contribution in [2.45, 2.75) is 0 Å². The smallest absolute Gasteiger partial charge is 0.255 e. The van der Waals surface area contributed by atoms with Crippen LogP contribution in [-0.4, -0.2) is 18.0 Å². The number of hydrogen-bond donors (Lipinski definition) is 1. The number of fused-ring (bicyclic) bond motifs is 1. The minimum Gasteiger partial charge on any atom is -0.497 e. The van der Waals surface area contributed by atoms with Gasteiger partial charge in [0.15, 0.2) is 5.58 Å². The number of aromatic nitrogens is 1. The number of rotatable bonds is 4. The zero-order chi connectivity index (χ0) is 18.8. The van der Waals surface area contributed by atoms with E-state index in [4.69, 9.17) is 20.8 Å². The van der Waals surface area contributed by atoms with Gasteiger partial charge in [0.2, 0.25) is 5.89 Å². The van der Waals surface area contributed by atoms with Crippen molar-refractivity contribution in [1.82, 2.24) is 4.98 Å². The number of halogens is 1. The fraction of sp³-hybridized carbons (Fsp3) is 0.0476. The van der Waals surface area contributed by atoms with Crippen molar-refractivity contribution in [3.8, 4) is 17.2 Å². The zero-order valence-corrected chi connectivity index (χ0v) is 15.2. The molecule has 0 saturated heterocycles. The molecule has 3 aromatic carbocycles. The first-order valence-electron chi connectivity index (χ1n) is 8.25. The van der Waals surface area contributed by atoms with E-state index in [0.29, 0.717) is 44.6 Å². The maximum Gasteiger partial charge on any atom is 0.255 e. The van der Waals surface area contributed by atoms with Gasteiger partial charge in [0.1, 0.15) is 11.3 Å². The second-order valence-corrected chi connectivity index (χ2v) is 6.30. The SMILES string of the molecule is COc1ccc(C(=O)Nc2ccccc2-c2nc3cc(Cl)ccc3o2)cc1. The Morgan fingerprint density at radius 1 is 1.07 bits per heavy atom. The van der Waals surface area contributed by atoms with Crippen molar-refractivity contribution in [2.24, 2.45) is 0 Å². The highest BCUT2D eigenvalue weighted by atomic mass is 35.5. The Labute approximate surface area is 160 Å². The van der Waals surface area contributed by atoms with Gasteiger partial charge in [0, 0.05) is 10.6 Å². The van der Waals surface area contributed by atoms with Gasteiger partial charge in [-0.15, -0.1) is 0 Å². The quantitative estimate of drug-likeness (QED) is 0.515. The Morgan fingerprint density at radius 2 is 1.85 bits per heavy atom. The Kier molecular flexibility index (Phi) is 4.52. The summed E-state index contributed by atoms with van der Waals surface area (Å²) < 4.78 is 10.9. The molecule has 0 fully saturated rings. The minimum atomic E-state index is -0.232. The highest BCUT2D eigenvalue weighted by molar-refractivity contribution is 6.31. The number of oxazole rings is 1. The normalized spacial score (nSPS) is 10.7. The highest BCUT2D eigenvalue weighted by Gasteiger charge is 2.15. The predicted molar refractivity (Wildman–Crippen MR) is 105 cm³/mol. The highest BCUT2D eigenvalue weighted by Crippen LogP contribution is 2.31. The van der Waals surface area contributed by atoms with Gasteiger partial charge in [0.25, 0.3) is 5.91 Å². The number of carbonyl (C=O) groups is 1. The van der Waals surface area contributed by atoms with Crippen LogP contribution in [0, 0.1) is 0 Å². The monoisotopic (exact) mass is 378 g/mol. The van der Waals surface area contributed by atoms with Gasteiger partial charge >= 0.3 is 0 Å². The van der Waals surface area contributed by atoms with Crippen LogP contribution in [0.3, 0.4) is 0 Å². The van der Waals surface area contributed by atoms with Crippen LogP contribution < -0.4 is 10.1 Å². The lowest BCUT2D eigenvalue weighted by Gasteiger charge is -2.09. The van der Waals surface area contributed by atoms with Crippen LogP contribution in [0.4, 0.5) is 5.69 Å². The van der Waals surface area contributed by atoms with E-state index in [9.17, 15) is 4.79 Å². The Balaban J connectivity index is 1.66. The van der Waals surface area contributed by atoms with Gasteiger partial charge < -0.3 is 14.5 Å². The van der Waals surface area contributed by atoms with Gasteiger partial charge in [-0.2, -0.15) is 0 Å². The van der Waals surface area contributed by atoms with Gasteiger partial charge in [-0.25, -0.2) is 4.98 Å². The number of anilines is 1. The molecule has 0 saturated carbocycles. The molecule has 0 atom stereocenters. The van der Waals surface area contributed by atoms with Crippen molar-refractivity contribution in [3.63, 3.8) is 0 Å². The number of ether oxygens (including phenoxy) is 1. The van der Waals surface area contributed by atoms with E-state index >= 15 is 0 Å². The largest absolute Gasteiger partial charge is 0.497 e. The summed E-state index contributed by atoms with van der Waals surface area (Å²) in [5.41, 5.74) is 3.11. The summed E-state index contributed by atoms with van der Waals surface area (Å²) >= 11 is 6.02. The van der Waals surface area contributed by atoms with Crippen LogP contribution in [-0.2, 0) is 0 Å². The molecule has 0 unspecified atom stereocenters. The standard InChI is InChI=1S/C21H15ClN2O3/c1-26-15-9-6-13(7-10-15)20(25)23-17-5-3-2-4-16(17)21-24-18-12-14(22)8-11-19(18)27-21/h2-12H,1H3,(H,23,25). The summed E-state index contributed by atoms with van der Waals surface area (Å²) in [6.07, 6.45) is 0. The summed E-state index contributed by atoms with van der Waals surface area (Å²) in [6.45, 7) is 0. The average Bonchev–Trinajstić information content (AvgIpc) is 3.11. The van der Waals surface area contributed by atoms with Crippen molar-refractivity contribution in [3.05, 3.63) is 77.3 Å². The molecule has 5 nitrogen and oxygen atoms in total. The Hall–Kier alpha value is -3.31. The fourth-order valence-electron chi connectivity index (χ4n) is 2.73. The number of hydrogen-bond acceptors (Lipinski definition) is 4. The fourth-order valence-corrected chi connectivity index (χ4v) is 2.90. The maximum atomic E-state index is 12.6. The number of nitrogens with zero attached hydrogens (tertiary/aromatic N) is 1. The number of para-hydroxylation sites is 1. The van der Waals surface area contributed by atoms with E-state index in [1.54, 1.807) is 55.6 Å². The molecule has 134 valence electrons. The van der Waals surface area contributed by atoms with E-state index in [0.717, 1.165) is 0 Å². The molecule has 0 aliphatic carbocycles. The van der Waals surface area contributed by atoms with Crippen LogP contribution in [0.1, 0.15) is 10.4 Å². The summed E-state index contributed by atoms with van der Waals surface area (Å²) in [6, 6.07) is 19.5. The maximum absolute atomic E-state index is 12.6. The van der Waals surface area contributed by atoms with Gasteiger partial charge in [-0.05, 0) is 54.6 Å². The van der Waals surface area contributed by atoms with E-state index in [1.807, 2.05) is 18.2 Å². The molecular formula is C21H15ClN2O3. The lowest BCUT2D eigenvalue weighted by molar-refractivity contribution is 0.102. The number of nitrogens with one attached hydrogen (secondary N) is 1. The van der Waals surface area contributed by atoms with E-state index in [1.165, 1.54) is 0 Å². The number of methoxy groups -OCH3 is 1. The molecular weight excluding hydrogens is 364 g/mol. The molecule has 27 heavy (non-hydrogen) atoms. The van der Waals surface area contributed by atoms with Crippen LogP contribution in [0.15, 0.2) is 71.1 Å². The number of carbonyl (C=O) groups excluding carboxylic acids is 1. The van der Waals surface area contributed by atoms with Crippen LogP contribution in [0.2, 0.25) is 5.02 Å². The van der Waals surface area contributed by atoms with Crippen molar-refractivity contribution in [2.75, 3.05) is 12.4 Å². The lowest BCUT2D eigenvalue weighted by Crippen LogP contribution is -2.12. The third-order valence-corrected chi connectivity index (χ3v) is 4.34. The Morgan fingerprint density at radius 3 is 2.63 bits per heavy atom. The third kappa shape index (κ3) is 3.50. The number of amides is 1. The molecule has 1 heterocycles. The van der Waals surface area contributed by atoms with E-state index in [2.05, 4.69) is 10.3 Å². The summed E-state index contributed by atoms with van der Waals surface area (Å²) in [5, 5.41) is 3.50. The first-order valence-corrected chi connectivity index (χ1v) is 8.63. The van der Waals surface area contributed by atoms with Crippen LogP contribution in [0.5, 0.6) is 5.75 Å². The molecule has 1 aromatic heterocycles. The van der Waals surface area contributed by atoms with Crippen LogP contribution in [0.25, 0.3) is 22.6 Å². The van der Waals surface area contributed by atoms with E-state index < -0.39 is 0 Å². The molecule has 1 amide bonds. The molecule has 0 aliphatic rings. The summed E-state index contributed by atoms with van der Waals surface area (Å²) in [4.78, 5) is 17.1. The molecule has 4 rings (SSSR count). The third-order valence-electron chi connectivity index (χ3n) is 4.11. The zero-order valence-electron chi connectivity index (χ0n) is 14.4. The molecule has 0 bridgehead atoms. The predicted octanol–water partition coefficient (Wildman–Crippen LogP) is 5.41.